The van der Waals surface area contributed by atoms with Crippen LogP contribution in [-0.4, -0.2) is 20.3 Å². The van der Waals surface area contributed by atoms with Crippen LogP contribution in [0.5, 0.6) is 0 Å². The average Bonchev–Trinajstić information content (AvgIpc) is 2.26. The van der Waals surface area contributed by atoms with Gasteiger partial charge < -0.3 is 10.1 Å². The van der Waals surface area contributed by atoms with Gasteiger partial charge in [-0.3, -0.25) is 0 Å². The molecule has 17 heavy (non-hydrogen) atoms. The van der Waals surface area contributed by atoms with Gasteiger partial charge in [0.25, 0.3) is 0 Å². The number of ether oxygens (including phenoxy) is 1. The van der Waals surface area contributed by atoms with Crippen LogP contribution in [0.4, 0.5) is 0 Å². The van der Waals surface area contributed by atoms with E-state index < -0.39 is 0 Å². The molecule has 0 aromatic heterocycles. The zero-order chi connectivity index (χ0) is 12.7. The summed E-state index contributed by atoms with van der Waals surface area (Å²) < 4.78 is 5.67. The third kappa shape index (κ3) is 6.44. The number of rotatable bonds is 6. The van der Waals surface area contributed by atoms with E-state index in [4.69, 9.17) is 4.74 Å². The van der Waals surface area contributed by atoms with Gasteiger partial charge in [0.15, 0.2) is 0 Å². The van der Waals surface area contributed by atoms with Gasteiger partial charge in [-0.2, -0.15) is 0 Å². The van der Waals surface area contributed by atoms with E-state index in [0.717, 1.165) is 26.2 Å². The maximum atomic E-state index is 5.67. The first kappa shape index (κ1) is 14.2. The fraction of sp³-hybridized carbons (Fsp3) is 0.600. The number of hydrogen-bond acceptors (Lipinski definition) is 2. The van der Waals surface area contributed by atoms with E-state index in [1.54, 1.807) is 0 Å². The molecule has 1 rings (SSSR count). The molecule has 1 aromatic rings. The molecule has 0 atom stereocenters. The Morgan fingerprint density at radius 1 is 1.06 bits per heavy atom. The summed E-state index contributed by atoms with van der Waals surface area (Å²) in [6, 6.07) is 8.73. The second-order valence-corrected chi connectivity index (χ2v) is 5.71. The highest BCUT2D eigenvalue weighted by Gasteiger charge is 2.09. The molecule has 0 fully saturated rings. The summed E-state index contributed by atoms with van der Waals surface area (Å²) >= 11 is 0. The largest absolute Gasteiger partial charge is 0.381 e. The van der Waals surface area contributed by atoms with Gasteiger partial charge in [-0.05, 0) is 30.0 Å². The predicted molar refractivity (Wildman–Crippen MR) is 73.2 cm³/mol. The van der Waals surface area contributed by atoms with Crippen LogP contribution in [0, 0.1) is 5.41 Å². The van der Waals surface area contributed by atoms with Gasteiger partial charge in [0, 0.05) is 6.54 Å². The van der Waals surface area contributed by atoms with Gasteiger partial charge in [-0.1, -0.05) is 45.0 Å². The van der Waals surface area contributed by atoms with Crippen LogP contribution < -0.4 is 5.32 Å². The second-order valence-electron chi connectivity index (χ2n) is 5.71. The number of benzene rings is 1. The third-order valence-electron chi connectivity index (χ3n) is 2.47. The molecule has 2 nitrogen and oxygen atoms in total. The molecule has 0 aliphatic heterocycles. The van der Waals surface area contributed by atoms with Crippen LogP contribution in [-0.2, 0) is 17.7 Å². The average molecular weight is 235 g/mol. The first-order chi connectivity index (χ1) is 8.01. The predicted octanol–water partition coefficient (Wildman–Crippen LogP) is 3.01. The maximum absolute atomic E-state index is 5.67. The van der Waals surface area contributed by atoms with E-state index >= 15 is 0 Å². The Labute approximate surface area is 105 Å². The summed E-state index contributed by atoms with van der Waals surface area (Å²) in [6.07, 6.45) is 0.996. The molecule has 96 valence electrons. The normalized spacial score (nSPS) is 11.8. The lowest BCUT2D eigenvalue weighted by atomic mass is 9.99. The number of nitrogens with one attached hydrogen (secondary N) is 1. The Kier molecular flexibility index (Phi) is 5.66. The zero-order valence-corrected chi connectivity index (χ0v) is 11.5. The molecule has 0 amide bonds. The van der Waals surface area contributed by atoms with Crippen LogP contribution >= 0.6 is 0 Å². The molecule has 0 bridgehead atoms. The van der Waals surface area contributed by atoms with E-state index in [2.05, 4.69) is 50.4 Å². The van der Waals surface area contributed by atoms with Crippen molar-refractivity contribution in [2.45, 2.75) is 33.7 Å². The minimum atomic E-state index is 0.261. The highest BCUT2D eigenvalue weighted by atomic mass is 16.5. The molecule has 0 radical (unpaired) electrons. The summed E-state index contributed by atoms with van der Waals surface area (Å²) in [5.41, 5.74) is 2.93. The van der Waals surface area contributed by atoms with Crippen molar-refractivity contribution in [3.63, 3.8) is 0 Å². The second kappa shape index (κ2) is 6.77. The standard InChI is InChI=1S/C15H25NO/c1-15(2,3)12-17-10-9-13-5-7-14(8-6-13)11-16-4/h5-8,16H,9-12H2,1-4H3. The molecule has 1 aromatic carbocycles. The molecular weight excluding hydrogens is 210 g/mol. The minimum absolute atomic E-state index is 0.261. The maximum Gasteiger partial charge on any atom is 0.0514 e. The van der Waals surface area contributed by atoms with Crippen LogP contribution in [0.3, 0.4) is 0 Å². The fourth-order valence-corrected chi connectivity index (χ4v) is 1.60. The molecule has 0 heterocycles. The molecule has 0 spiro atoms. The van der Waals surface area contributed by atoms with Crippen molar-refractivity contribution in [3.05, 3.63) is 35.4 Å². The Morgan fingerprint density at radius 2 is 1.65 bits per heavy atom. The zero-order valence-electron chi connectivity index (χ0n) is 11.5. The van der Waals surface area contributed by atoms with Crippen molar-refractivity contribution >= 4 is 0 Å². The van der Waals surface area contributed by atoms with E-state index in [1.165, 1.54) is 11.1 Å². The molecule has 0 aliphatic rings. The minimum Gasteiger partial charge on any atom is -0.381 e. The van der Waals surface area contributed by atoms with E-state index in [0.29, 0.717) is 0 Å². The molecule has 0 saturated carbocycles. The van der Waals surface area contributed by atoms with Gasteiger partial charge >= 0.3 is 0 Å². The lowest BCUT2D eigenvalue weighted by Crippen LogP contribution is -2.15. The van der Waals surface area contributed by atoms with E-state index in [1.807, 2.05) is 7.05 Å². The lowest BCUT2D eigenvalue weighted by Gasteiger charge is -2.17. The fourth-order valence-electron chi connectivity index (χ4n) is 1.60. The highest BCUT2D eigenvalue weighted by Crippen LogP contribution is 2.13. The summed E-state index contributed by atoms with van der Waals surface area (Å²) in [5, 5.41) is 3.15. The monoisotopic (exact) mass is 235 g/mol. The SMILES string of the molecule is CNCc1ccc(CCOCC(C)(C)C)cc1. The van der Waals surface area contributed by atoms with Gasteiger partial charge in [0.1, 0.15) is 0 Å². The van der Waals surface area contributed by atoms with Crippen molar-refractivity contribution in [1.29, 1.82) is 0 Å². The molecular formula is C15H25NO. The van der Waals surface area contributed by atoms with E-state index in [-0.39, 0.29) is 5.41 Å². The van der Waals surface area contributed by atoms with E-state index in [9.17, 15) is 0 Å². The van der Waals surface area contributed by atoms with Gasteiger partial charge in [0.05, 0.1) is 13.2 Å². The number of hydrogen-bond donors (Lipinski definition) is 1. The molecule has 1 N–H and O–H groups in total. The smallest absolute Gasteiger partial charge is 0.0514 e. The quantitative estimate of drug-likeness (QED) is 0.765. The molecule has 2 heteroatoms. The summed E-state index contributed by atoms with van der Waals surface area (Å²) in [7, 11) is 1.97. The summed E-state index contributed by atoms with van der Waals surface area (Å²) in [4.78, 5) is 0. The Morgan fingerprint density at radius 3 is 2.18 bits per heavy atom. The Balaban J connectivity index is 2.27. The highest BCUT2D eigenvalue weighted by molar-refractivity contribution is 5.22. The Bertz CT molecular complexity index is 311. The topological polar surface area (TPSA) is 21.3 Å². The molecule has 0 saturated heterocycles. The summed E-state index contributed by atoms with van der Waals surface area (Å²) in [6.45, 7) is 9.15. The van der Waals surface area contributed by atoms with Gasteiger partial charge in [-0.25, -0.2) is 0 Å². The van der Waals surface area contributed by atoms with Crippen molar-refractivity contribution < 1.29 is 4.74 Å². The molecule has 0 unspecified atom stereocenters. The van der Waals surface area contributed by atoms with Crippen LogP contribution in [0.15, 0.2) is 24.3 Å². The first-order valence-corrected chi connectivity index (χ1v) is 6.31. The Hall–Kier alpha value is -0.860. The van der Waals surface area contributed by atoms with Gasteiger partial charge in [0.2, 0.25) is 0 Å². The van der Waals surface area contributed by atoms with Crippen LogP contribution in [0.25, 0.3) is 0 Å². The summed E-state index contributed by atoms with van der Waals surface area (Å²) in [5.74, 6) is 0. The van der Waals surface area contributed by atoms with Crippen molar-refractivity contribution in [2.24, 2.45) is 5.41 Å². The van der Waals surface area contributed by atoms with Crippen molar-refractivity contribution in [2.75, 3.05) is 20.3 Å². The van der Waals surface area contributed by atoms with Crippen molar-refractivity contribution in [3.8, 4) is 0 Å². The lowest BCUT2D eigenvalue weighted by molar-refractivity contribution is 0.0733. The molecule has 0 aliphatic carbocycles. The third-order valence-corrected chi connectivity index (χ3v) is 2.47. The van der Waals surface area contributed by atoms with Crippen LogP contribution in [0.1, 0.15) is 31.9 Å². The first-order valence-electron chi connectivity index (χ1n) is 6.31. The van der Waals surface area contributed by atoms with Crippen LogP contribution in [0.2, 0.25) is 0 Å². The van der Waals surface area contributed by atoms with Crippen molar-refractivity contribution in [1.82, 2.24) is 5.32 Å². The van der Waals surface area contributed by atoms with Gasteiger partial charge in [-0.15, -0.1) is 0 Å².